The second-order valence-corrected chi connectivity index (χ2v) is 2.58. The quantitative estimate of drug-likeness (QED) is 0.580. The van der Waals surface area contributed by atoms with E-state index in [1.807, 2.05) is 0 Å². The Hall–Kier alpha value is -1.29. The Kier molecular flexibility index (Phi) is 3.52. The van der Waals surface area contributed by atoms with Crippen molar-refractivity contribution in [2.75, 3.05) is 12.4 Å². The van der Waals surface area contributed by atoms with Crippen LogP contribution in [0.1, 0.15) is 10.6 Å². The molecule has 4 nitrogen and oxygen atoms in total. The number of hydrogen-bond acceptors (Lipinski definition) is 3. The number of amides is 1. The van der Waals surface area contributed by atoms with E-state index in [1.54, 1.807) is 6.07 Å². The Balaban J connectivity index is 2.39. The molecule has 1 heterocycles. The summed E-state index contributed by atoms with van der Waals surface area (Å²) in [4.78, 5) is 21.8. The lowest BCUT2D eigenvalue weighted by atomic mass is 10.3. The van der Waals surface area contributed by atoms with Crippen molar-refractivity contribution in [2.24, 2.45) is 0 Å². The van der Waals surface area contributed by atoms with Gasteiger partial charge in [0.25, 0.3) is 0 Å². The predicted octanol–water partition coefficient (Wildman–Crippen LogP) is 0.817. The maximum Gasteiger partial charge on any atom is 0.235 e. The van der Waals surface area contributed by atoms with Gasteiger partial charge in [-0.2, -0.15) is 0 Å². The van der Waals surface area contributed by atoms with Crippen molar-refractivity contribution < 1.29 is 14.0 Å². The van der Waals surface area contributed by atoms with Crippen molar-refractivity contribution in [3.8, 4) is 0 Å². The third-order valence-electron chi connectivity index (χ3n) is 1.36. The fraction of sp³-hybridized carbons (Fsp3) is 0.250. The monoisotopic (exact) mass is 201 g/mol. The molecule has 70 valence electrons. The van der Waals surface area contributed by atoms with Crippen molar-refractivity contribution in [3.63, 3.8) is 0 Å². The lowest BCUT2D eigenvalue weighted by molar-refractivity contribution is -0.118. The largest absolute Gasteiger partial charge is 0.461 e. The highest BCUT2D eigenvalue weighted by Gasteiger charge is 2.09. The zero-order valence-electron chi connectivity index (χ0n) is 6.75. The number of alkyl halides is 1. The number of nitrogens with one attached hydrogen (secondary N) is 1. The molecule has 1 aromatic rings. The van der Waals surface area contributed by atoms with E-state index in [9.17, 15) is 9.59 Å². The normalized spacial score (nSPS) is 9.62. The standard InChI is InChI=1S/C8H8ClNO3/c9-4-8(12)10-5-6(11)7-2-1-3-13-7/h1-3H,4-5H2,(H,10,12). The smallest absolute Gasteiger partial charge is 0.235 e. The van der Waals surface area contributed by atoms with E-state index in [2.05, 4.69) is 5.32 Å². The average molecular weight is 202 g/mol. The number of furan rings is 1. The molecule has 0 saturated heterocycles. The summed E-state index contributed by atoms with van der Waals surface area (Å²) in [5.74, 6) is -0.564. The Labute approximate surface area is 79.9 Å². The van der Waals surface area contributed by atoms with Gasteiger partial charge in [-0.3, -0.25) is 9.59 Å². The van der Waals surface area contributed by atoms with Crippen LogP contribution in [0.2, 0.25) is 0 Å². The highest BCUT2D eigenvalue weighted by atomic mass is 35.5. The van der Waals surface area contributed by atoms with Crippen molar-refractivity contribution in [2.45, 2.75) is 0 Å². The molecule has 1 aromatic heterocycles. The summed E-state index contributed by atoms with van der Waals surface area (Å²) in [7, 11) is 0. The van der Waals surface area contributed by atoms with Gasteiger partial charge in [0.2, 0.25) is 11.7 Å². The number of hydrogen-bond donors (Lipinski definition) is 1. The van der Waals surface area contributed by atoms with Gasteiger partial charge in [-0.25, -0.2) is 0 Å². The highest BCUT2D eigenvalue weighted by Crippen LogP contribution is 1.99. The van der Waals surface area contributed by atoms with Crippen LogP contribution in [0.15, 0.2) is 22.8 Å². The van der Waals surface area contributed by atoms with Crippen LogP contribution in [-0.2, 0) is 4.79 Å². The third-order valence-corrected chi connectivity index (χ3v) is 1.61. The number of ketones is 1. The molecule has 0 aromatic carbocycles. The van der Waals surface area contributed by atoms with Gasteiger partial charge >= 0.3 is 0 Å². The van der Waals surface area contributed by atoms with Gasteiger partial charge < -0.3 is 9.73 Å². The molecule has 13 heavy (non-hydrogen) atoms. The minimum Gasteiger partial charge on any atom is -0.461 e. The fourth-order valence-corrected chi connectivity index (χ4v) is 0.845. The topological polar surface area (TPSA) is 59.3 Å². The van der Waals surface area contributed by atoms with Crippen LogP contribution in [-0.4, -0.2) is 24.1 Å². The number of halogens is 1. The summed E-state index contributed by atoms with van der Waals surface area (Å²) in [6, 6.07) is 3.14. The van der Waals surface area contributed by atoms with Gasteiger partial charge in [-0.15, -0.1) is 11.6 Å². The molecular weight excluding hydrogens is 194 g/mol. The van der Waals surface area contributed by atoms with Crippen LogP contribution in [0.4, 0.5) is 0 Å². The Morgan fingerprint density at radius 3 is 2.85 bits per heavy atom. The van der Waals surface area contributed by atoms with Crippen LogP contribution < -0.4 is 5.32 Å². The minimum absolute atomic E-state index is 0.0843. The highest BCUT2D eigenvalue weighted by molar-refractivity contribution is 6.27. The fourth-order valence-electron chi connectivity index (χ4n) is 0.750. The van der Waals surface area contributed by atoms with E-state index < -0.39 is 0 Å². The van der Waals surface area contributed by atoms with Gasteiger partial charge in [0.15, 0.2) is 5.76 Å². The summed E-state index contributed by atoms with van der Waals surface area (Å²) in [6.07, 6.45) is 1.40. The number of carbonyl (C=O) groups excluding carboxylic acids is 2. The second kappa shape index (κ2) is 4.67. The molecule has 1 amide bonds. The summed E-state index contributed by atoms with van der Waals surface area (Å²) in [5.41, 5.74) is 0. The molecule has 0 radical (unpaired) electrons. The minimum atomic E-state index is -0.374. The molecule has 0 unspecified atom stereocenters. The molecular formula is C8H8ClNO3. The molecule has 0 atom stereocenters. The molecule has 0 aliphatic rings. The maximum atomic E-state index is 11.2. The van der Waals surface area contributed by atoms with E-state index in [0.717, 1.165) is 0 Å². The predicted molar refractivity (Wildman–Crippen MR) is 46.8 cm³/mol. The van der Waals surface area contributed by atoms with Crippen LogP contribution in [0.5, 0.6) is 0 Å². The molecule has 0 saturated carbocycles. The number of carbonyl (C=O) groups is 2. The van der Waals surface area contributed by atoms with Crippen molar-refractivity contribution >= 4 is 23.3 Å². The molecule has 0 spiro atoms. The van der Waals surface area contributed by atoms with E-state index in [1.165, 1.54) is 12.3 Å². The zero-order chi connectivity index (χ0) is 9.68. The van der Waals surface area contributed by atoms with Crippen molar-refractivity contribution in [3.05, 3.63) is 24.2 Å². The summed E-state index contributed by atoms with van der Waals surface area (Å²) in [5, 5.41) is 2.34. The van der Waals surface area contributed by atoms with Crippen molar-refractivity contribution in [1.82, 2.24) is 5.32 Å². The Morgan fingerprint density at radius 1 is 1.54 bits per heavy atom. The first-order valence-corrected chi connectivity index (χ1v) is 4.17. The maximum absolute atomic E-state index is 11.2. The zero-order valence-corrected chi connectivity index (χ0v) is 7.50. The van der Waals surface area contributed by atoms with Gasteiger partial charge in [0, 0.05) is 0 Å². The molecule has 1 rings (SSSR count). The van der Waals surface area contributed by atoms with Gasteiger partial charge in [0.1, 0.15) is 5.88 Å². The van der Waals surface area contributed by atoms with Crippen LogP contribution >= 0.6 is 11.6 Å². The van der Waals surface area contributed by atoms with Gasteiger partial charge in [-0.1, -0.05) is 0 Å². The summed E-state index contributed by atoms with van der Waals surface area (Å²) < 4.78 is 4.83. The first-order chi connectivity index (χ1) is 6.24. The van der Waals surface area contributed by atoms with Crippen LogP contribution in [0.3, 0.4) is 0 Å². The van der Waals surface area contributed by atoms with E-state index >= 15 is 0 Å². The SMILES string of the molecule is O=C(CCl)NCC(=O)c1ccco1. The Bertz CT molecular complexity index is 294. The molecule has 0 aliphatic carbocycles. The van der Waals surface area contributed by atoms with E-state index in [0.29, 0.717) is 0 Å². The molecule has 0 fully saturated rings. The third kappa shape index (κ3) is 2.91. The Morgan fingerprint density at radius 2 is 2.31 bits per heavy atom. The number of rotatable bonds is 4. The molecule has 0 bridgehead atoms. The first-order valence-electron chi connectivity index (χ1n) is 3.63. The van der Waals surface area contributed by atoms with E-state index in [-0.39, 0.29) is 29.9 Å². The molecule has 5 heteroatoms. The molecule has 1 N–H and O–H groups in total. The summed E-state index contributed by atoms with van der Waals surface area (Å²) >= 11 is 5.21. The van der Waals surface area contributed by atoms with Gasteiger partial charge in [0.05, 0.1) is 12.8 Å². The van der Waals surface area contributed by atoms with Crippen LogP contribution in [0, 0.1) is 0 Å². The van der Waals surface area contributed by atoms with E-state index in [4.69, 9.17) is 16.0 Å². The van der Waals surface area contributed by atoms with Crippen LogP contribution in [0.25, 0.3) is 0 Å². The second-order valence-electron chi connectivity index (χ2n) is 2.31. The van der Waals surface area contributed by atoms with Crippen molar-refractivity contribution in [1.29, 1.82) is 0 Å². The average Bonchev–Trinajstić information content (AvgIpc) is 2.66. The first kappa shape index (κ1) is 9.80. The van der Waals surface area contributed by atoms with Gasteiger partial charge in [-0.05, 0) is 12.1 Å². The lowest BCUT2D eigenvalue weighted by Gasteiger charge is -1.98. The lowest BCUT2D eigenvalue weighted by Crippen LogP contribution is -2.30. The summed E-state index contributed by atoms with van der Waals surface area (Å²) in [6.45, 7) is -0.0843. The number of Topliss-reactive ketones (excluding diaryl/α,β-unsaturated/α-hetero) is 1. The molecule has 0 aliphatic heterocycles.